The highest BCUT2D eigenvalue weighted by atomic mass is 32.1. The van der Waals surface area contributed by atoms with Gasteiger partial charge >= 0.3 is 5.97 Å². The van der Waals surface area contributed by atoms with Crippen molar-refractivity contribution in [2.24, 2.45) is 0 Å². The van der Waals surface area contributed by atoms with Gasteiger partial charge in [0.1, 0.15) is 22.0 Å². The third-order valence-electron chi connectivity index (χ3n) is 4.27. The number of methoxy groups -OCH3 is 2. The molecule has 0 unspecified atom stereocenters. The summed E-state index contributed by atoms with van der Waals surface area (Å²) in [6, 6.07) is 12.4. The first-order valence-corrected chi connectivity index (χ1v) is 9.66. The van der Waals surface area contributed by atoms with Crippen LogP contribution in [0.15, 0.2) is 48.8 Å². The number of carbonyl (C=O) groups is 1. The molecule has 0 bridgehead atoms. The highest BCUT2D eigenvalue weighted by Crippen LogP contribution is 2.35. The second-order valence-corrected chi connectivity index (χ2v) is 7.14. The first-order chi connectivity index (χ1) is 14.6. The monoisotopic (exact) mass is 423 g/mol. The summed E-state index contributed by atoms with van der Waals surface area (Å²) in [5, 5.41) is 11.7. The second-order valence-electron chi connectivity index (χ2n) is 6.14. The molecule has 10 heteroatoms. The Kier molecular flexibility index (Phi) is 5.40. The van der Waals surface area contributed by atoms with Crippen LogP contribution in [0.3, 0.4) is 0 Å². The Morgan fingerprint density at radius 2 is 1.80 bits per heavy atom. The SMILES string of the molecule is COc1ccc(-c2nc(C)c(C(=O)Oc3ccc(-n4cnnn4)cc3)s2)cc1OC. The lowest BCUT2D eigenvalue weighted by Gasteiger charge is -2.08. The Morgan fingerprint density at radius 3 is 2.47 bits per heavy atom. The van der Waals surface area contributed by atoms with Crippen LogP contribution in [0.2, 0.25) is 0 Å². The first kappa shape index (κ1) is 19.5. The molecule has 0 amide bonds. The number of hydrogen-bond acceptors (Lipinski definition) is 9. The topological polar surface area (TPSA) is 101 Å². The minimum absolute atomic E-state index is 0.414. The van der Waals surface area contributed by atoms with Crippen LogP contribution in [0, 0.1) is 6.92 Å². The Labute approximate surface area is 175 Å². The molecule has 0 atom stereocenters. The van der Waals surface area contributed by atoms with Crippen molar-refractivity contribution in [1.29, 1.82) is 0 Å². The van der Waals surface area contributed by atoms with Crippen molar-refractivity contribution in [3.63, 3.8) is 0 Å². The summed E-state index contributed by atoms with van der Waals surface area (Å²) in [4.78, 5) is 17.6. The van der Waals surface area contributed by atoms with Crippen LogP contribution < -0.4 is 14.2 Å². The number of ether oxygens (including phenoxy) is 3. The number of aryl methyl sites for hydroxylation is 1. The third kappa shape index (κ3) is 3.85. The minimum Gasteiger partial charge on any atom is -0.493 e. The van der Waals surface area contributed by atoms with Gasteiger partial charge in [-0.3, -0.25) is 0 Å². The molecule has 0 saturated carbocycles. The number of benzene rings is 2. The molecule has 4 rings (SSSR count). The van der Waals surface area contributed by atoms with E-state index in [4.69, 9.17) is 14.2 Å². The molecule has 0 aliphatic carbocycles. The van der Waals surface area contributed by atoms with E-state index < -0.39 is 5.97 Å². The predicted octanol–water partition coefficient (Wildman–Crippen LogP) is 3.33. The number of esters is 1. The summed E-state index contributed by atoms with van der Waals surface area (Å²) >= 11 is 1.26. The van der Waals surface area contributed by atoms with Gasteiger partial charge in [0.2, 0.25) is 0 Å². The second kappa shape index (κ2) is 8.29. The summed E-state index contributed by atoms with van der Waals surface area (Å²) in [7, 11) is 3.15. The maximum absolute atomic E-state index is 12.7. The maximum Gasteiger partial charge on any atom is 0.355 e. The fourth-order valence-corrected chi connectivity index (χ4v) is 3.72. The molecule has 0 aliphatic rings. The molecule has 2 aromatic carbocycles. The van der Waals surface area contributed by atoms with Gasteiger partial charge in [-0.1, -0.05) is 0 Å². The van der Waals surface area contributed by atoms with E-state index in [1.54, 1.807) is 51.5 Å². The van der Waals surface area contributed by atoms with Crippen molar-refractivity contribution in [1.82, 2.24) is 25.2 Å². The smallest absolute Gasteiger partial charge is 0.355 e. The molecule has 0 fully saturated rings. The van der Waals surface area contributed by atoms with Crippen LogP contribution in [-0.2, 0) is 0 Å². The van der Waals surface area contributed by atoms with Crippen LogP contribution in [0.5, 0.6) is 17.2 Å². The van der Waals surface area contributed by atoms with E-state index in [1.165, 1.54) is 22.3 Å². The Balaban J connectivity index is 1.53. The molecule has 0 aliphatic heterocycles. The number of rotatable bonds is 6. The molecule has 0 radical (unpaired) electrons. The maximum atomic E-state index is 12.7. The molecular formula is C20H17N5O4S. The highest BCUT2D eigenvalue weighted by molar-refractivity contribution is 7.17. The van der Waals surface area contributed by atoms with Gasteiger partial charge in [0.05, 0.1) is 25.6 Å². The number of hydrogen-bond donors (Lipinski definition) is 0. The third-order valence-corrected chi connectivity index (χ3v) is 5.46. The fourth-order valence-electron chi connectivity index (χ4n) is 2.78. The van der Waals surface area contributed by atoms with Crippen LogP contribution in [0.1, 0.15) is 15.4 Å². The van der Waals surface area contributed by atoms with E-state index in [9.17, 15) is 4.79 Å². The lowest BCUT2D eigenvalue weighted by atomic mass is 10.2. The van der Waals surface area contributed by atoms with E-state index in [0.717, 1.165) is 11.3 Å². The standard InChI is InChI=1S/C20H17N5O4S/c1-12-18(30-19(22-12)13-4-9-16(27-2)17(10-13)28-3)20(26)29-15-7-5-14(6-8-15)25-11-21-23-24-25/h4-11H,1-3H3. The zero-order valence-corrected chi connectivity index (χ0v) is 17.2. The van der Waals surface area contributed by atoms with Crippen LogP contribution in [0.25, 0.3) is 16.3 Å². The molecule has 9 nitrogen and oxygen atoms in total. The molecule has 0 spiro atoms. The van der Waals surface area contributed by atoms with E-state index in [1.807, 2.05) is 12.1 Å². The van der Waals surface area contributed by atoms with Crippen LogP contribution >= 0.6 is 11.3 Å². The van der Waals surface area contributed by atoms with Gasteiger partial charge in [0.25, 0.3) is 0 Å². The van der Waals surface area contributed by atoms with Crippen molar-refractivity contribution < 1.29 is 19.0 Å². The summed E-state index contributed by atoms with van der Waals surface area (Å²) in [5.41, 5.74) is 2.18. The van der Waals surface area contributed by atoms with E-state index in [0.29, 0.717) is 32.8 Å². The van der Waals surface area contributed by atoms with Crippen molar-refractivity contribution in [3.8, 4) is 33.5 Å². The number of nitrogens with zero attached hydrogens (tertiary/aromatic N) is 5. The minimum atomic E-state index is -0.466. The van der Waals surface area contributed by atoms with Gasteiger partial charge in [-0.2, -0.15) is 0 Å². The molecule has 152 valence electrons. The van der Waals surface area contributed by atoms with Crippen LogP contribution in [0.4, 0.5) is 0 Å². The Bertz CT molecular complexity index is 1170. The van der Waals surface area contributed by atoms with Gasteiger partial charge < -0.3 is 14.2 Å². The Hall–Kier alpha value is -3.79. The predicted molar refractivity (Wildman–Crippen MR) is 110 cm³/mol. The summed E-state index contributed by atoms with van der Waals surface area (Å²) in [6.45, 7) is 1.78. The summed E-state index contributed by atoms with van der Waals surface area (Å²) in [6.07, 6.45) is 1.48. The average molecular weight is 423 g/mol. The number of carbonyl (C=O) groups excluding carboxylic acids is 1. The van der Waals surface area contributed by atoms with Gasteiger partial charge in [0, 0.05) is 5.56 Å². The van der Waals surface area contributed by atoms with E-state index in [-0.39, 0.29) is 0 Å². The van der Waals surface area contributed by atoms with Gasteiger partial charge in [-0.05, 0) is 59.8 Å². The molecular weight excluding hydrogens is 406 g/mol. The molecule has 30 heavy (non-hydrogen) atoms. The molecule has 0 saturated heterocycles. The number of tetrazole rings is 1. The zero-order chi connectivity index (χ0) is 21.1. The van der Waals surface area contributed by atoms with Crippen LogP contribution in [-0.4, -0.2) is 45.4 Å². The summed E-state index contributed by atoms with van der Waals surface area (Å²) < 4.78 is 17.6. The fraction of sp³-hybridized carbons (Fsp3) is 0.150. The van der Waals surface area contributed by atoms with Crippen molar-refractivity contribution in [2.45, 2.75) is 6.92 Å². The Morgan fingerprint density at radius 1 is 1.03 bits per heavy atom. The zero-order valence-electron chi connectivity index (χ0n) is 16.4. The molecule has 0 N–H and O–H groups in total. The highest BCUT2D eigenvalue weighted by Gasteiger charge is 2.19. The number of aromatic nitrogens is 5. The lowest BCUT2D eigenvalue weighted by molar-refractivity contribution is 0.0739. The van der Waals surface area contributed by atoms with Gasteiger partial charge in [-0.15, -0.1) is 16.4 Å². The van der Waals surface area contributed by atoms with Gasteiger partial charge in [0.15, 0.2) is 11.5 Å². The van der Waals surface area contributed by atoms with Crippen molar-refractivity contribution in [3.05, 3.63) is 59.4 Å². The van der Waals surface area contributed by atoms with E-state index >= 15 is 0 Å². The summed E-state index contributed by atoms with van der Waals surface area (Å²) in [5.74, 6) is 1.16. The van der Waals surface area contributed by atoms with Gasteiger partial charge in [-0.25, -0.2) is 14.5 Å². The first-order valence-electron chi connectivity index (χ1n) is 8.84. The average Bonchev–Trinajstić information content (AvgIpc) is 3.44. The van der Waals surface area contributed by atoms with E-state index in [2.05, 4.69) is 20.5 Å². The normalized spacial score (nSPS) is 10.6. The van der Waals surface area contributed by atoms with Crippen molar-refractivity contribution in [2.75, 3.05) is 14.2 Å². The lowest BCUT2D eigenvalue weighted by Crippen LogP contribution is -2.08. The molecule has 2 aromatic heterocycles. The largest absolute Gasteiger partial charge is 0.493 e. The van der Waals surface area contributed by atoms with Crippen molar-refractivity contribution >= 4 is 17.3 Å². The molecule has 2 heterocycles. The number of thiazole rings is 1. The molecule has 4 aromatic rings. The quantitative estimate of drug-likeness (QED) is 0.344.